The van der Waals surface area contributed by atoms with Crippen LogP contribution in [0.25, 0.3) is 30.6 Å². The van der Waals surface area contributed by atoms with E-state index in [2.05, 4.69) is 60.4 Å². The van der Waals surface area contributed by atoms with Crippen LogP contribution in [0.2, 0.25) is 0 Å². The minimum absolute atomic E-state index is 0.310. The summed E-state index contributed by atoms with van der Waals surface area (Å²) >= 11 is 0.310. The van der Waals surface area contributed by atoms with E-state index in [1.807, 2.05) is 12.3 Å². The topological polar surface area (TPSA) is 12.9 Å². The van der Waals surface area contributed by atoms with E-state index >= 15 is 0 Å². The minimum atomic E-state index is 0.310. The van der Waals surface area contributed by atoms with Gasteiger partial charge in [0.1, 0.15) is 0 Å². The third-order valence-electron chi connectivity index (χ3n) is 3.71. The van der Waals surface area contributed by atoms with Crippen molar-refractivity contribution in [2.75, 3.05) is 0 Å². The molecule has 2 heteroatoms. The van der Waals surface area contributed by atoms with Crippen LogP contribution in [0.1, 0.15) is 5.56 Å². The molecule has 0 fully saturated rings. The molecule has 0 spiro atoms. The summed E-state index contributed by atoms with van der Waals surface area (Å²) < 4.78 is 2.74. The van der Waals surface area contributed by atoms with Gasteiger partial charge in [0.15, 0.2) is 0 Å². The first kappa shape index (κ1) is 11.9. The van der Waals surface area contributed by atoms with E-state index in [9.17, 15) is 0 Å². The van der Waals surface area contributed by atoms with Gasteiger partial charge in [0.25, 0.3) is 0 Å². The summed E-state index contributed by atoms with van der Waals surface area (Å²) in [5.74, 6) is 0. The first-order valence-corrected chi connectivity index (χ1v) is 8.38. The Balaban J connectivity index is 2.13. The van der Waals surface area contributed by atoms with Gasteiger partial charge in [-0.15, -0.1) is 0 Å². The van der Waals surface area contributed by atoms with Crippen molar-refractivity contribution in [3.05, 3.63) is 66.4 Å². The number of aromatic nitrogens is 1. The average molecular weight is 322 g/mol. The van der Waals surface area contributed by atoms with E-state index in [1.54, 1.807) is 0 Å². The quantitative estimate of drug-likeness (QED) is 0.473. The van der Waals surface area contributed by atoms with E-state index in [0.29, 0.717) is 14.5 Å². The predicted molar refractivity (Wildman–Crippen MR) is 86.4 cm³/mol. The van der Waals surface area contributed by atoms with E-state index in [1.165, 1.54) is 36.1 Å². The van der Waals surface area contributed by atoms with E-state index in [4.69, 9.17) is 0 Å². The van der Waals surface area contributed by atoms with Crippen molar-refractivity contribution in [1.29, 1.82) is 0 Å². The Bertz CT molecular complexity index is 921. The monoisotopic (exact) mass is 323 g/mol. The second-order valence-corrected chi connectivity index (χ2v) is 7.05. The maximum absolute atomic E-state index is 4.56. The van der Waals surface area contributed by atoms with Crippen molar-refractivity contribution in [2.24, 2.45) is 0 Å². The number of nitrogens with zero attached hydrogens (tertiary/aromatic N) is 1. The van der Waals surface area contributed by atoms with Gasteiger partial charge in [-0.25, -0.2) is 0 Å². The van der Waals surface area contributed by atoms with Gasteiger partial charge < -0.3 is 0 Å². The molecule has 4 aromatic rings. The molecule has 0 saturated heterocycles. The standard InChI is InChI=1S/C18H13NSe/c1-12-6-2-3-7-13(12)14-8-4-9-15-16-10-5-11-19-18(16)20-17(14)15/h2-11H,1H3. The molecule has 4 rings (SSSR count). The molecule has 0 saturated carbocycles. The summed E-state index contributed by atoms with van der Waals surface area (Å²) in [5, 5.41) is 2.69. The number of hydrogen-bond donors (Lipinski definition) is 0. The van der Waals surface area contributed by atoms with Crippen LogP contribution in [0.15, 0.2) is 60.8 Å². The maximum atomic E-state index is 4.56. The van der Waals surface area contributed by atoms with Gasteiger partial charge in [-0.2, -0.15) is 0 Å². The van der Waals surface area contributed by atoms with E-state index in [0.717, 1.165) is 0 Å². The number of fused-ring (bicyclic) bond motifs is 3. The SMILES string of the molecule is Cc1ccccc1-c1cccc2c1[se]c1ncccc12. The van der Waals surface area contributed by atoms with Crippen LogP contribution in [-0.2, 0) is 0 Å². The molecule has 0 amide bonds. The van der Waals surface area contributed by atoms with Gasteiger partial charge in [0.2, 0.25) is 0 Å². The number of hydrogen-bond acceptors (Lipinski definition) is 1. The molecule has 0 unspecified atom stereocenters. The Labute approximate surface area is 123 Å². The van der Waals surface area contributed by atoms with Crippen LogP contribution < -0.4 is 0 Å². The Hall–Kier alpha value is -1.89. The van der Waals surface area contributed by atoms with Crippen molar-refractivity contribution < 1.29 is 0 Å². The summed E-state index contributed by atoms with van der Waals surface area (Å²) in [7, 11) is 0. The number of benzene rings is 2. The van der Waals surface area contributed by atoms with Crippen LogP contribution in [-0.4, -0.2) is 19.5 Å². The molecule has 1 nitrogen and oxygen atoms in total. The Morgan fingerprint density at radius 1 is 0.800 bits per heavy atom. The predicted octanol–water partition coefficient (Wildman–Crippen LogP) is 4.42. The third kappa shape index (κ3) is 1.73. The fourth-order valence-electron chi connectivity index (χ4n) is 2.72. The number of aryl methyl sites for hydroxylation is 1. The molecule has 96 valence electrons. The number of pyridine rings is 1. The zero-order chi connectivity index (χ0) is 13.5. The summed E-state index contributed by atoms with van der Waals surface area (Å²) in [6.45, 7) is 2.18. The molecule has 2 aromatic heterocycles. The second kappa shape index (κ2) is 4.59. The van der Waals surface area contributed by atoms with Crippen molar-refractivity contribution in [1.82, 2.24) is 4.98 Å². The molecule has 0 N–H and O–H groups in total. The molecule has 0 radical (unpaired) electrons. The van der Waals surface area contributed by atoms with Gasteiger partial charge in [-0.05, 0) is 0 Å². The molecule has 20 heavy (non-hydrogen) atoms. The number of rotatable bonds is 1. The summed E-state index contributed by atoms with van der Waals surface area (Å²) in [5.41, 5.74) is 4.05. The zero-order valence-electron chi connectivity index (χ0n) is 11.1. The summed E-state index contributed by atoms with van der Waals surface area (Å²) in [6, 6.07) is 19.5. The van der Waals surface area contributed by atoms with Crippen molar-refractivity contribution in [3.8, 4) is 11.1 Å². The first-order valence-electron chi connectivity index (χ1n) is 6.67. The van der Waals surface area contributed by atoms with Gasteiger partial charge in [0.05, 0.1) is 0 Å². The van der Waals surface area contributed by atoms with Crippen LogP contribution in [0.3, 0.4) is 0 Å². The van der Waals surface area contributed by atoms with Crippen molar-refractivity contribution in [3.63, 3.8) is 0 Å². The molecule has 0 aliphatic rings. The van der Waals surface area contributed by atoms with E-state index < -0.39 is 0 Å². The van der Waals surface area contributed by atoms with E-state index in [-0.39, 0.29) is 0 Å². The molecule has 0 aliphatic carbocycles. The molecule has 0 aliphatic heterocycles. The zero-order valence-corrected chi connectivity index (χ0v) is 12.8. The average Bonchev–Trinajstić information content (AvgIpc) is 2.86. The summed E-state index contributed by atoms with van der Waals surface area (Å²) in [4.78, 5) is 4.56. The summed E-state index contributed by atoms with van der Waals surface area (Å²) in [6.07, 6.45) is 1.90. The van der Waals surface area contributed by atoms with Gasteiger partial charge >= 0.3 is 123 Å². The Morgan fingerprint density at radius 3 is 2.50 bits per heavy atom. The molecule has 0 atom stereocenters. The molecular formula is C18H13NSe. The fourth-order valence-corrected chi connectivity index (χ4v) is 5.18. The second-order valence-electron chi connectivity index (χ2n) is 4.96. The van der Waals surface area contributed by atoms with Crippen LogP contribution >= 0.6 is 0 Å². The van der Waals surface area contributed by atoms with Crippen LogP contribution in [0, 0.1) is 6.92 Å². The Morgan fingerprint density at radius 2 is 1.60 bits per heavy atom. The first-order chi connectivity index (χ1) is 9.84. The van der Waals surface area contributed by atoms with Crippen LogP contribution in [0.4, 0.5) is 0 Å². The molecular weight excluding hydrogens is 309 g/mol. The molecule has 2 heterocycles. The fraction of sp³-hybridized carbons (Fsp3) is 0.0556. The Kier molecular flexibility index (Phi) is 2.73. The third-order valence-corrected chi connectivity index (χ3v) is 6.15. The van der Waals surface area contributed by atoms with Gasteiger partial charge in [-0.1, -0.05) is 0 Å². The van der Waals surface area contributed by atoms with Crippen LogP contribution in [0.5, 0.6) is 0 Å². The normalized spacial score (nSPS) is 11.2. The molecule has 2 aromatic carbocycles. The van der Waals surface area contributed by atoms with Crippen molar-refractivity contribution >= 4 is 33.9 Å². The van der Waals surface area contributed by atoms with Crippen molar-refractivity contribution in [2.45, 2.75) is 6.92 Å². The van der Waals surface area contributed by atoms with Gasteiger partial charge in [0, 0.05) is 0 Å². The molecule has 0 bridgehead atoms. The van der Waals surface area contributed by atoms with Gasteiger partial charge in [-0.3, -0.25) is 0 Å².